The lowest BCUT2D eigenvalue weighted by Crippen LogP contribution is -2.32. The summed E-state index contributed by atoms with van der Waals surface area (Å²) < 4.78 is 5.19. The van der Waals surface area contributed by atoms with Crippen LogP contribution in [0.3, 0.4) is 0 Å². The van der Waals surface area contributed by atoms with Gasteiger partial charge in [-0.15, -0.1) is 0 Å². The van der Waals surface area contributed by atoms with Crippen molar-refractivity contribution in [2.24, 2.45) is 5.73 Å². The molecule has 1 heterocycles. The van der Waals surface area contributed by atoms with Gasteiger partial charge in [0, 0.05) is 18.4 Å². The average Bonchev–Trinajstić information content (AvgIpc) is 2.51. The van der Waals surface area contributed by atoms with Crippen LogP contribution in [-0.2, 0) is 11.3 Å². The average molecular weight is 378 g/mol. The van der Waals surface area contributed by atoms with E-state index < -0.39 is 17.6 Å². The molecule has 0 fully saturated rings. The Balaban J connectivity index is 2.09. The summed E-state index contributed by atoms with van der Waals surface area (Å²) in [5.74, 6) is -0.471. The Morgan fingerprint density at radius 2 is 2.04 bits per heavy atom. The molecule has 0 aliphatic carbocycles. The number of primary amides is 1. The second-order valence-corrected chi connectivity index (χ2v) is 6.78. The highest BCUT2D eigenvalue weighted by molar-refractivity contribution is 6.28. The summed E-state index contributed by atoms with van der Waals surface area (Å²) in [4.78, 5) is 30.9. The van der Waals surface area contributed by atoms with Crippen molar-refractivity contribution in [1.29, 1.82) is 0 Å². The number of hydrogen-bond donors (Lipinski definition) is 3. The van der Waals surface area contributed by atoms with Crippen LogP contribution in [0.4, 0.5) is 16.3 Å². The minimum atomic E-state index is -0.674. The summed E-state index contributed by atoms with van der Waals surface area (Å²) in [5, 5.41) is 5.64. The highest BCUT2D eigenvalue weighted by Gasteiger charge is 2.16. The molecule has 0 atom stereocenters. The van der Waals surface area contributed by atoms with Crippen LogP contribution in [-0.4, -0.2) is 27.6 Å². The Morgan fingerprint density at radius 1 is 1.31 bits per heavy atom. The van der Waals surface area contributed by atoms with Crippen LogP contribution in [0, 0.1) is 0 Å². The maximum Gasteiger partial charge on any atom is 0.407 e. The molecule has 0 spiro atoms. The van der Waals surface area contributed by atoms with Gasteiger partial charge >= 0.3 is 6.09 Å². The number of nitrogens with zero attached hydrogens (tertiary/aromatic N) is 2. The molecule has 0 radical (unpaired) electrons. The second kappa shape index (κ2) is 8.01. The first-order chi connectivity index (χ1) is 12.1. The van der Waals surface area contributed by atoms with Crippen molar-refractivity contribution >= 4 is 35.1 Å². The molecule has 1 aromatic carbocycles. The van der Waals surface area contributed by atoms with Crippen molar-refractivity contribution in [2.75, 3.05) is 5.32 Å². The molecule has 2 rings (SSSR count). The summed E-state index contributed by atoms with van der Waals surface area (Å²) >= 11 is 5.78. The number of nitrogens with one attached hydrogen (secondary N) is 2. The third-order valence-electron chi connectivity index (χ3n) is 3.05. The Bertz CT molecular complexity index is 820. The van der Waals surface area contributed by atoms with Crippen molar-refractivity contribution in [2.45, 2.75) is 32.9 Å². The van der Waals surface area contributed by atoms with E-state index in [1.165, 1.54) is 6.20 Å². The van der Waals surface area contributed by atoms with Crippen LogP contribution in [0.2, 0.25) is 5.28 Å². The SMILES string of the molecule is CC(C)(C)OC(=O)NCc1cccc(Nc2nc(Cl)ncc2C(N)=O)c1. The number of anilines is 2. The molecule has 4 N–H and O–H groups in total. The molecule has 0 saturated carbocycles. The number of aromatic nitrogens is 2. The Morgan fingerprint density at radius 3 is 2.69 bits per heavy atom. The molecule has 138 valence electrons. The fourth-order valence-corrected chi connectivity index (χ4v) is 2.15. The smallest absolute Gasteiger partial charge is 0.407 e. The fourth-order valence-electron chi connectivity index (χ4n) is 2.02. The van der Waals surface area contributed by atoms with Crippen LogP contribution in [0.1, 0.15) is 36.7 Å². The Hall–Kier alpha value is -2.87. The van der Waals surface area contributed by atoms with Gasteiger partial charge in [-0.25, -0.2) is 9.78 Å². The van der Waals surface area contributed by atoms with Gasteiger partial charge in [-0.05, 0) is 50.1 Å². The predicted molar refractivity (Wildman–Crippen MR) is 98.4 cm³/mol. The lowest BCUT2D eigenvalue weighted by molar-refractivity contribution is 0.0523. The lowest BCUT2D eigenvalue weighted by atomic mass is 10.2. The van der Waals surface area contributed by atoms with Gasteiger partial charge in [-0.2, -0.15) is 4.98 Å². The summed E-state index contributed by atoms with van der Waals surface area (Å²) in [7, 11) is 0. The van der Waals surface area contributed by atoms with E-state index in [0.29, 0.717) is 5.69 Å². The molecule has 1 aromatic heterocycles. The van der Waals surface area contributed by atoms with E-state index >= 15 is 0 Å². The zero-order chi connectivity index (χ0) is 19.3. The molecule has 0 aliphatic rings. The number of alkyl carbamates (subject to hydrolysis) is 1. The van der Waals surface area contributed by atoms with E-state index in [4.69, 9.17) is 22.1 Å². The van der Waals surface area contributed by atoms with Crippen LogP contribution >= 0.6 is 11.6 Å². The molecule has 9 heteroatoms. The lowest BCUT2D eigenvalue weighted by Gasteiger charge is -2.19. The summed E-state index contributed by atoms with van der Waals surface area (Å²) in [5.41, 5.74) is 6.33. The highest BCUT2D eigenvalue weighted by atomic mass is 35.5. The fraction of sp³-hybridized carbons (Fsp3) is 0.294. The zero-order valence-corrected chi connectivity index (χ0v) is 15.4. The largest absolute Gasteiger partial charge is 0.444 e. The minimum Gasteiger partial charge on any atom is -0.444 e. The number of halogens is 1. The molecule has 26 heavy (non-hydrogen) atoms. The first kappa shape index (κ1) is 19.5. The third kappa shape index (κ3) is 5.89. The number of ether oxygens (including phenoxy) is 1. The maximum absolute atomic E-state index is 11.7. The standard InChI is InChI=1S/C17H20ClN5O3/c1-17(2,3)26-16(25)21-8-10-5-4-6-11(7-10)22-14-12(13(19)24)9-20-15(18)23-14/h4-7,9H,8H2,1-3H3,(H2,19,24)(H,21,25)(H,20,22,23). The number of rotatable bonds is 5. The van der Waals surface area contributed by atoms with Gasteiger partial charge in [0.2, 0.25) is 5.28 Å². The van der Waals surface area contributed by atoms with Gasteiger partial charge in [-0.1, -0.05) is 12.1 Å². The first-order valence-corrected chi connectivity index (χ1v) is 8.17. The van der Waals surface area contributed by atoms with E-state index in [1.807, 2.05) is 6.07 Å². The van der Waals surface area contributed by atoms with E-state index in [1.54, 1.807) is 39.0 Å². The van der Waals surface area contributed by atoms with Crippen LogP contribution in [0.25, 0.3) is 0 Å². The molecular weight excluding hydrogens is 358 g/mol. The predicted octanol–water partition coefficient (Wildman–Crippen LogP) is 3.00. The van der Waals surface area contributed by atoms with E-state index in [9.17, 15) is 9.59 Å². The molecule has 0 unspecified atom stereocenters. The van der Waals surface area contributed by atoms with Gasteiger partial charge in [-0.3, -0.25) is 4.79 Å². The first-order valence-electron chi connectivity index (χ1n) is 7.79. The van der Waals surface area contributed by atoms with Crippen molar-refractivity contribution in [3.05, 3.63) is 46.9 Å². The molecule has 0 aliphatic heterocycles. The number of carbonyl (C=O) groups excluding carboxylic acids is 2. The quantitative estimate of drug-likeness (QED) is 0.689. The summed E-state index contributed by atoms with van der Waals surface area (Å²) in [6, 6.07) is 7.20. The number of hydrogen-bond acceptors (Lipinski definition) is 6. The number of carbonyl (C=O) groups is 2. The molecule has 2 aromatic rings. The van der Waals surface area contributed by atoms with Crippen molar-refractivity contribution in [3.8, 4) is 0 Å². The van der Waals surface area contributed by atoms with Crippen LogP contribution in [0.15, 0.2) is 30.5 Å². The number of benzene rings is 1. The normalized spacial score (nSPS) is 10.9. The number of nitrogens with two attached hydrogens (primary N) is 1. The third-order valence-corrected chi connectivity index (χ3v) is 3.23. The second-order valence-electron chi connectivity index (χ2n) is 6.45. The van der Waals surface area contributed by atoms with Crippen molar-refractivity contribution in [1.82, 2.24) is 15.3 Å². The van der Waals surface area contributed by atoms with Crippen LogP contribution < -0.4 is 16.4 Å². The molecule has 0 saturated heterocycles. The molecular formula is C17H20ClN5O3. The summed E-state index contributed by atoms with van der Waals surface area (Å²) in [6.07, 6.45) is 0.753. The molecule has 0 bridgehead atoms. The topological polar surface area (TPSA) is 119 Å². The van der Waals surface area contributed by atoms with Gasteiger partial charge in [0.1, 0.15) is 17.0 Å². The summed E-state index contributed by atoms with van der Waals surface area (Å²) in [6.45, 7) is 5.65. The van der Waals surface area contributed by atoms with Crippen molar-refractivity contribution in [3.63, 3.8) is 0 Å². The van der Waals surface area contributed by atoms with Gasteiger partial charge in [0.15, 0.2) is 0 Å². The Kier molecular flexibility index (Phi) is 5.99. The van der Waals surface area contributed by atoms with E-state index in [0.717, 1.165) is 5.56 Å². The monoisotopic (exact) mass is 377 g/mol. The van der Waals surface area contributed by atoms with E-state index in [2.05, 4.69) is 20.6 Å². The van der Waals surface area contributed by atoms with Gasteiger partial charge in [0.25, 0.3) is 5.91 Å². The molecule has 2 amide bonds. The highest BCUT2D eigenvalue weighted by Crippen LogP contribution is 2.20. The van der Waals surface area contributed by atoms with E-state index in [-0.39, 0.29) is 23.2 Å². The Labute approximate surface area is 156 Å². The van der Waals surface area contributed by atoms with Gasteiger partial charge in [0.05, 0.1) is 0 Å². The number of amides is 2. The van der Waals surface area contributed by atoms with Crippen LogP contribution in [0.5, 0.6) is 0 Å². The maximum atomic E-state index is 11.7. The molecule has 8 nitrogen and oxygen atoms in total. The van der Waals surface area contributed by atoms with Gasteiger partial charge < -0.3 is 21.1 Å². The minimum absolute atomic E-state index is 0.0137. The van der Waals surface area contributed by atoms with Crippen molar-refractivity contribution < 1.29 is 14.3 Å². The zero-order valence-electron chi connectivity index (χ0n) is 14.7.